The van der Waals surface area contributed by atoms with Crippen LogP contribution in [-0.4, -0.2) is 29.9 Å². The van der Waals surface area contributed by atoms with Gasteiger partial charge in [0, 0.05) is 11.8 Å². The van der Waals surface area contributed by atoms with Crippen molar-refractivity contribution in [1.82, 2.24) is 9.97 Å². The van der Waals surface area contributed by atoms with E-state index in [1.54, 1.807) is 31.2 Å². The van der Waals surface area contributed by atoms with Gasteiger partial charge in [-0.15, -0.1) is 0 Å². The predicted octanol–water partition coefficient (Wildman–Crippen LogP) is 4.43. The highest BCUT2D eigenvalue weighted by molar-refractivity contribution is 9.09. The lowest BCUT2D eigenvalue weighted by Gasteiger charge is -2.12. The fourth-order valence-electron chi connectivity index (χ4n) is 2.26. The Bertz CT molecular complexity index is 891. The second-order valence-corrected chi connectivity index (χ2v) is 9.16. The maximum atomic E-state index is 12.7. The molecule has 0 aliphatic rings. The molecule has 134 valence electrons. The first kappa shape index (κ1) is 20.3. The molecular formula is C16H15BrCl2N2O3S. The summed E-state index contributed by atoms with van der Waals surface area (Å²) >= 11 is 15.4. The summed E-state index contributed by atoms with van der Waals surface area (Å²) in [5.41, 5.74) is 1.02. The summed E-state index contributed by atoms with van der Waals surface area (Å²) in [5.74, 6) is -0.468. The number of sulfone groups is 1. The SMILES string of the molecule is CCCS(=O)(=O)Cc1cccc(C(=O)C(Br)c2ccnc(Cl)n2)c1Cl. The third-order valence-electron chi connectivity index (χ3n) is 3.37. The largest absolute Gasteiger partial charge is 0.292 e. The van der Waals surface area contributed by atoms with Crippen LogP contribution in [0.15, 0.2) is 30.5 Å². The summed E-state index contributed by atoms with van der Waals surface area (Å²) < 4.78 is 24.1. The summed E-state index contributed by atoms with van der Waals surface area (Å²) in [5, 5.41) is 0.164. The van der Waals surface area contributed by atoms with Gasteiger partial charge in [-0.25, -0.2) is 18.4 Å². The summed E-state index contributed by atoms with van der Waals surface area (Å²) in [6.07, 6.45) is 1.97. The van der Waals surface area contributed by atoms with E-state index in [0.717, 1.165) is 0 Å². The maximum absolute atomic E-state index is 12.7. The smallest absolute Gasteiger partial charge is 0.222 e. The van der Waals surface area contributed by atoms with Crippen LogP contribution < -0.4 is 0 Å². The lowest BCUT2D eigenvalue weighted by molar-refractivity contribution is 0.0990. The minimum absolute atomic E-state index is 0.0280. The molecule has 0 saturated carbocycles. The van der Waals surface area contributed by atoms with Gasteiger partial charge >= 0.3 is 0 Å². The van der Waals surface area contributed by atoms with E-state index in [4.69, 9.17) is 23.2 Å². The molecule has 1 aromatic heterocycles. The van der Waals surface area contributed by atoms with E-state index < -0.39 is 14.7 Å². The topological polar surface area (TPSA) is 77.0 Å². The average molecular weight is 466 g/mol. The number of alkyl halides is 1. The zero-order valence-electron chi connectivity index (χ0n) is 13.2. The molecule has 9 heteroatoms. The molecule has 5 nitrogen and oxygen atoms in total. The molecule has 0 bridgehead atoms. The van der Waals surface area contributed by atoms with E-state index in [1.165, 1.54) is 6.20 Å². The van der Waals surface area contributed by atoms with Crippen LogP contribution in [0.25, 0.3) is 0 Å². The van der Waals surface area contributed by atoms with Gasteiger partial charge in [-0.1, -0.05) is 46.6 Å². The number of carbonyl (C=O) groups is 1. The van der Waals surface area contributed by atoms with Gasteiger partial charge in [0.15, 0.2) is 15.6 Å². The van der Waals surface area contributed by atoms with Crippen LogP contribution in [0.2, 0.25) is 10.3 Å². The van der Waals surface area contributed by atoms with E-state index in [-0.39, 0.29) is 33.2 Å². The molecule has 1 heterocycles. The first-order valence-electron chi connectivity index (χ1n) is 7.39. The molecule has 2 rings (SSSR count). The van der Waals surface area contributed by atoms with Crippen molar-refractivity contribution in [3.8, 4) is 0 Å². The third kappa shape index (κ3) is 5.23. The number of nitrogens with zero attached hydrogens (tertiary/aromatic N) is 2. The van der Waals surface area contributed by atoms with Gasteiger partial charge in [0.1, 0.15) is 4.83 Å². The molecular weight excluding hydrogens is 451 g/mol. The molecule has 0 aliphatic heterocycles. The molecule has 0 amide bonds. The Morgan fingerprint density at radius 3 is 2.64 bits per heavy atom. The van der Waals surface area contributed by atoms with Gasteiger partial charge in [0.2, 0.25) is 5.28 Å². The number of Topliss-reactive ketones (excluding diaryl/α,β-unsaturated/α-hetero) is 1. The number of halogens is 3. The van der Waals surface area contributed by atoms with Gasteiger partial charge in [-0.2, -0.15) is 0 Å². The van der Waals surface area contributed by atoms with Crippen molar-refractivity contribution in [2.24, 2.45) is 0 Å². The molecule has 0 saturated heterocycles. The zero-order chi connectivity index (χ0) is 18.6. The van der Waals surface area contributed by atoms with Crippen molar-refractivity contribution in [1.29, 1.82) is 0 Å². The van der Waals surface area contributed by atoms with Gasteiger partial charge in [-0.3, -0.25) is 4.79 Å². The lowest BCUT2D eigenvalue weighted by atomic mass is 10.0. The Morgan fingerprint density at radius 2 is 2.00 bits per heavy atom. The number of rotatable bonds is 7. The van der Waals surface area contributed by atoms with E-state index >= 15 is 0 Å². The molecule has 25 heavy (non-hydrogen) atoms. The first-order chi connectivity index (χ1) is 11.7. The van der Waals surface area contributed by atoms with Gasteiger partial charge in [-0.05, 0) is 35.7 Å². The van der Waals surface area contributed by atoms with Crippen molar-refractivity contribution < 1.29 is 13.2 Å². The normalized spacial score (nSPS) is 12.8. The molecule has 1 unspecified atom stereocenters. The lowest BCUT2D eigenvalue weighted by Crippen LogP contribution is -2.13. The molecule has 1 aromatic carbocycles. The number of hydrogen-bond donors (Lipinski definition) is 0. The molecule has 2 aromatic rings. The van der Waals surface area contributed by atoms with E-state index in [1.807, 2.05) is 0 Å². The van der Waals surface area contributed by atoms with Crippen LogP contribution >= 0.6 is 39.1 Å². The van der Waals surface area contributed by atoms with Gasteiger partial charge < -0.3 is 0 Å². The highest BCUT2D eigenvalue weighted by Gasteiger charge is 2.25. The van der Waals surface area contributed by atoms with Gasteiger partial charge in [0.25, 0.3) is 0 Å². The minimum atomic E-state index is -3.27. The van der Waals surface area contributed by atoms with Crippen LogP contribution in [0.1, 0.15) is 39.8 Å². The van der Waals surface area contributed by atoms with Crippen molar-refractivity contribution in [2.75, 3.05) is 5.75 Å². The van der Waals surface area contributed by atoms with Crippen LogP contribution in [0.4, 0.5) is 0 Å². The summed E-state index contributed by atoms with van der Waals surface area (Å²) in [6, 6.07) is 6.34. The maximum Gasteiger partial charge on any atom is 0.222 e. The molecule has 0 N–H and O–H groups in total. The van der Waals surface area contributed by atoms with Crippen molar-refractivity contribution in [3.05, 3.63) is 57.6 Å². The van der Waals surface area contributed by atoms with E-state index in [0.29, 0.717) is 17.7 Å². The van der Waals surface area contributed by atoms with Crippen LogP contribution in [-0.2, 0) is 15.6 Å². The number of hydrogen-bond acceptors (Lipinski definition) is 5. The van der Waals surface area contributed by atoms with E-state index in [9.17, 15) is 13.2 Å². The second-order valence-electron chi connectivity index (χ2n) is 5.35. The molecule has 0 spiro atoms. The van der Waals surface area contributed by atoms with Crippen molar-refractivity contribution >= 4 is 54.8 Å². The molecule has 0 radical (unpaired) electrons. The highest BCUT2D eigenvalue weighted by Crippen LogP contribution is 2.31. The summed E-state index contributed by atoms with van der Waals surface area (Å²) in [7, 11) is -3.27. The van der Waals surface area contributed by atoms with E-state index in [2.05, 4.69) is 25.9 Å². The Labute approximate surface area is 164 Å². The summed E-state index contributed by atoms with van der Waals surface area (Å²) in [4.78, 5) is 19.7. The third-order valence-corrected chi connectivity index (χ3v) is 6.67. The monoisotopic (exact) mass is 464 g/mol. The zero-order valence-corrected chi connectivity index (χ0v) is 17.2. The Kier molecular flexibility index (Phi) is 6.96. The first-order valence-corrected chi connectivity index (χ1v) is 10.9. The fourth-order valence-corrected chi connectivity index (χ4v) is 4.76. The minimum Gasteiger partial charge on any atom is -0.292 e. The van der Waals surface area contributed by atoms with Crippen molar-refractivity contribution in [2.45, 2.75) is 23.9 Å². The predicted molar refractivity (Wildman–Crippen MR) is 102 cm³/mol. The Balaban J connectivity index is 2.33. The average Bonchev–Trinajstić information content (AvgIpc) is 2.55. The molecule has 0 fully saturated rings. The van der Waals surface area contributed by atoms with Crippen LogP contribution in [0.3, 0.4) is 0 Å². The number of benzene rings is 1. The number of aromatic nitrogens is 2. The Morgan fingerprint density at radius 1 is 1.28 bits per heavy atom. The van der Waals surface area contributed by atoms with Crippen LogP contribution in [0, 0.1) is 0 Å². The highest BCUT2D eigenvalue weighted by atomic mass is 79.9. The quantitative estimate of drug-likeness (QED) is 0.343. The second kappa shape index (κ2) is 8.58. The number of ketones is 1. The summed E-state index contributed by atoms with van der Waals surface area (Å²) in [6.45, 7) is 1.79. The standard InChI is InChI=1S/C16H15BrCl2N2O3S/c1-2-8-25(23,24)9-10-4-3-5-11(14(10)18)15(22)13(17)12-6-7-20-16(19)21-12/h3-7,13H,2,8-9H2,1H3. The number of carbonyl (C=O) groups excluding carboxylic acids is 1. The fraction of sp³-hybridized carbons (Fsp3) is 0.312. The molecule has 0 aliphatic carbocycles. The van der Waals surface area contributed by atoms with Crippen molar-refractivity contribution in [3.63, 3.8) is 0 Å². The van der Waals surface area contributed by atoms with Crippen LogP contribution in [0.5, 0.6) is 0 Å². The van der Waals surface area contributed by atoms with Gasteiger partial charge in [0.05, 0.1) is 22.2 Å². The Hall–Kier alpha value is -1.02. The molecule has 1 atom stereocenters.